The van der Waals surface area contributed by atoms with Crippen molar-refractivity contribution in [1.82, 2.24) is 4.98 Å². The molecule has 0 amide bonds. The standard InChI is InChI=1S/C11H10FNO/c1-2-7-6-13-11(14)8-4-3-5-9(12)10(7)8/h3-6H,2H2,1H3,(H,13,14). The summed E-state index contributed by atoms with van der Waals surface area (Å²) in [6.45, 7) is 1.93. The van der Waals surface area contributed by atoms with Gasteiger partial charge in [-0.15, -0.1) is 0 Å². The highest BCUT2D eigenvalue weighted by Gasteiger charge is 2.07. The lowest BCUT2D eigenvalue weighted by Gasteiger charge is -2.03. The van der Waals surface area contributed by atoms with Gasteiger partial charge in [-0.3, -0.25) is 4.79 Å². The van der Waals surface area contributed by atoms with Gasteiger partial charge in [-0.25, -0.2) is 4.39 Å². The third kappa shape index (κ3) is 1.21. The van der Waals surface area contributed by atoms with Gasteiger partial charge in [0.15, 0.2) is 0 Å². The summed E-state index contributed by atoms with van der Waals surface area (Å²) in [5, 5.41) is 0.864. The highest BCUT2D eigenvalue weighted by Crippen LogP contribution is 2.18. The smallest absolute Gasteiger partial charge is 0.255 e. The summed E-state index contributed by atoms with van der Waals surface area (Å²) in [5.74, 6) is -0.328. The molecule has 0 saturated carbocycles. The van der Waals surface area contributed by atoms with Gasteiger partial charge in [0, 0.05) is 11.6 Å². The molecule has 14 heavy (non-hydrogen) atoms. The first kappa shape index (κ1) is 8.94. The largest absolute Gasteiger partial charge is 0.328 e. The van der Waals surface area contributed by atoms with E-state index in [0.29, 0.717) is 17.2 Å². The number of nitrogens with one attached hydrogen (secondary N) is 1. The van der Waals surface area contributed by atoms with Crippen molar-refractivity contribution in [3.63, 3.8) is 0 Å². The van der Waals surface area contributed by atoms with E-state index in [4.69, 9.17) is 0 Å². The van der Waals surface area contributed by atoms with E-state index < -0.39 is 0 Å². The molecule has 0 aliphatic heterocycles. The first-order chi connectivity index (χ1) is 6.74. The second-order valence-electron chi connectivity index (χ2n) is 3.16. The van der Waals surface area contributed by atoms with Crippen LogP contribution in [-0.2, 0) is 6.42 Å². The first-order valence-corrected chi connectivity index (χ1v) is 4.53. The van der Waals surface area contributed by atoms with Gasteiger partial charge in [0.1, 0.15) is 5.82 Å². The van der Waals surface area contributed by atoms with E-state index >= 15 is 0 Å². The van der Waals surface area contributed by atoms with E-state index in [0.717, 1.165) is 5.56 Å². The molecular formula is C11H10FNO. The van der Waals surface area contributed by atoms with Gasteiger partial charge in [-0.1, -0.05) is 13.0 Å². The Hall–Kier alpha value is -1.64. The topological polar surface area (TPSA) is 32.9 Å². The summed E-state index contributed by atoms with van der Waals surface area (Å²) in [6.07, 6.45) is 2.28. The minimum atomic E-state index is -0.328. The molecule has 3 heteroatoms. The van der Waals surface area contributed by atoms with Crippen LogP contribution in [0.4, 0.5) is 4.39 Å². The number of halogens is 1. The van der Waals surface area contributed by atoms with Gasteiger partial charge in [-0.05, 0) is 24.1 Å². The molecule has 0 bridgehead atoms. The minimum Gasteiger partial charge on any atom is -0.328 e. The number of benzene rings is 1. The Morgan fingerprint density at radius 3 is 2.93 bits per heavy atom. The lowest BCUT2D eigenvalue weighted by Crippen LogP contribution is -2.07. The molecule has 0 saturated heterocycles. The number of hydrogen-bond donors (Lipinski definition) is 1. The Balaban J connectivity index is 3.00. The molecule has 2 nitrogen and oxygen atoms in total. The first-order valence-electron chi connectivity index (χ1n) is 4.53. The van der Waals surface area contributed by atoms with Crippen LogP contribution in [0.25, 0.3) is 10.8 Å². The zero-order valence-electron chi connectivity index (χ0n) is 7.80. The fraction of sp³-hybridized carbons (Fsp3) is 0.182. The zero-order chi connectivity index (χ0) is 10.1. The van der Waals surface area contributed by atoms with Gasteiger partial charge >= 0.3 is 0 Å². The number of aromatic nitrogens is 1. The number of rotatable bonds is 1. The molecule has 0 unspecified atom stereocenters. The van der Waals surface area contributed by atoms with Crippen molar-refractivity contribution in [2.45, 2.75) is 13.3 Å². The van der Waals surface area contributed by atoms with E-state index in [9.17, 15) is 9.18 Å². The van der Waals surface area contributed by atoms with Crippen LogP contribution in [0.5, 0.6) is 0 Å². The highest BCUT2D eigenvalue weighted by molar-refractivity contribution is 5.85. The third-order valence-corrected chi connectivity index (χ3v) is 2.34. The van der Waals surface area contributed by atoms with Gasteiger partial charge < -0.3 is 4.98 Å². The average molecular weight is 191 g/mol. The predicted molar refractivity (Wildman–Crippen MR) is 53.9 cm³/mol. The Morgan fingerprint density at radius 1 is 1.43 bits per heavy atom. The maximum absolute atomic E-state index is 13.5. The quantitative estimate of drug-likeness (QED) is 0.736. The summed E-state index contributed by atoms with van der Waals surface area (Å²) in [5.41, 5.74) is 0.592. The summed E-state index contributed by atoms with van der Waals surface area (Å²) in [6, 6.07) is 4.56. The second-order valence-corrected chi connectivity index (χ2v) is 3.16. The van der Waals surface area contributed by atoms with Crippen LogP contribution in [0, 0.1) is 5.82 Å². The fourth-order valence-corrected chi connectivity index (χ4v) is 1.62. The molecule has 2 aromatic rings. The molecule has 72 valence electrons. The Morgan fingerprint density at radius 2 is 2.21 bits per heavy atom. The Labute approximate surface area is 80.4 Å². The molecular weight excluding hydrogens is 181 g/mol. The van der Waals surface area contributed by atoms with E-state index in [1.54, 1.807) is 18.3 Å². The van der Waals surface area contributed by atoms with Crippen molar-refractivity contribution in [2.24, 2.45) is 0 Å². The molecule has 1 N–H and O–H groups in total. The molecule has 0 aliphatic carbocycles. The lowest BCUT2D eigenvalue weighted by molar-refractivity contribution is 0.638. The average Bonchev–Trinajstić information content (AvgIpc) is 2.20. The normalized spacial score (nSPS) is 10.7. The number of aryl methyl sites for hydroxylation is 1. The Kier molecular flexibility index (Phi) is 2.08. The molecule has 0 spiro atoms. The number of fused-ring (bicyclic) bond motifs is 1. The lowest BCUT2D eigenvalue weighted by atomic mass is 10.1. The fourth-order valence-electron chi connectivity index (χ4n) is 1.62. The predicted octanol–water partition coefficient (Wildman–Crippen LogP) is 2.23. The number of pyridine rings is 1. The molecule has 1 heterocycles. The summed E-state index contributed by atoms with van der Waals surface area (Å²) >= 11 is 0. The van der Waals surface area contributed by atoms with Crippen LogP contribution in [0.2, 0.25) is 0 Å². The van der Waals surface area contributed by atoms with Crippen molar-refractivity contribution in [2.75, 3.05) is 0 Å². The molecule has 2 rings (SSSR count). The maximum atomic E-state index is 13.5. The van der Waals surface area contributed by atoms with Gasteiger partial charge in [-0.2, -0.15) is 0 Å². The maximum Gasteiger partial charge on any atom is 0.255 e. The molecule has 0 radical (unpaired) electrons. The Bertz CT molecular complexity index is 530. The van der Waals surface area contributed by atoms with Crippen LogP contribution < -0.4 is 5.56 Å². The van der Waals surface area contributed by atoms with Crippen molar-refractivity contribution in [1.29, 1.82) is 0 Å². The van der Waals surface area contributed by atoms with Crippen molar-refractivity contribution in [3.05, 3.63) is 46.1 Å². The van der Waals surface area contributed by atoms with Gasteiger partial charge in [0.25, 0.3) is 5.56 Å². The van der Waals surface area contributed by atoms with Crippen LogP contribution in [0.1, 0.15) is 12.5 Å². The SMILES string of the molecule is CCc1c[nH]c(=O)c2cccc(F)c12. The van der Waals surface area contributed by atoms with Crippen LogP contribution in [-0.4, -0.2) is 4.98 Å². The molecule has 0 atom stereocenters. The van der Waals surface area contributed by atoms with Crippen molar-refractivity contribution in [3.8, 4) is 0 Å². The van der Waals surface area contributed by atoms with E-state index in [2.05, 4.69) is 4.98 Å². The number of aromatic amines is 1. The molecule has 1 aromatic carbocycles. The third-order valence-electron chi connectivity index (χ3n) is 2.34. The summed E-state index contributed by atoms with van der Waals surface area (Å²) in [7, 11) is 0. The monoisotopic (exact) mass is 191 g/mol. The highest BCUT2D eigenvalue weighted by atomic mass is 19.1. The van der Waals surface area contributed by atoms with Gasteiger partial charge in [0.05, 0.1) is 5.39 Å². The molecule has 0 aliphatic rings. The number of H-pyrrole nitrogens is 1. The zero-order valence-corrected chi connectivity index (χ0v) is 7.80. The van der Waals surface area contributed by atoms with Crippen LogP contribution in [0.15, 0.2) is 29.2 Å². The van der Waals surface area contributed by atoms with Crippen molar-refractivity contribution >= 4 is 10.8 Å². The molecule has 1 aromatic heterocycles. The van der Waals surface area contributed by atoms with Crippen molar-refractivity contribution < 1.29 is 4.39 Å². The van der Waals surface area contributed by atoms with E-state index in [1.165, 1.54) is 6.07 Å². The number of hydrogen-bond acceptors (Lipinski definition) is 1. The summed E-state index contributed by atoms with van der Waals surface area (Å²) < 4.78 is 13.5. The van der Waals surface area contributed by atoms with Gasteiger partial charge in [0.2, 0.25) is 0 Å². The molecule has 0 fully saturated rings. The van der Waals surface area contributed by atoms with Crippen LogP contribution in [0.3, 0.4) is 0 Å². The van der Waals surface area contributed by atoms with Crippen LogP contribution >= 0.6 is 0 Å². The van der Waals surface area contributed by atoms with E-state index in [1.807, 2.05) is 6.92 Å². The van der Waals surface area contributed by atoms with E-state index in [-0.39, 0.29) is 11.4 Å². The minimum absolute atomic E-state index is 0.239. The summed E-state index contributed by atoms with van der Waals surface area (Å²) in [4.78, 5) is 14.0. The second kappa shape index (κ2) is 3.25.